The lowest BCUT2D eigenvalue weighted by molar-refractivity contribution is -0.143. The predicted octanol–water partition coefficient (Wildman–Crippen LogP) is 6.10. The van der Waals surface area contributed by atoms with Gasteiger partial charge in [-0.2, -0.15) is 0 Å². The lowest BCUT2D eigenvalue weighted by Crippen LogP contribution is -2.38. The van der Waals surface area contributed by atoms with Crippen molar-refractivity contribution in [3.63, 3.8) is 0 Å². The molecule has 0 radical (unpaired) electrons. The molecule has 7 heteroatoms. The molecule has 35 heavy (non-hydrogen) atoms. The zero-order chi connectivity index (χ0) is 23.5. The number of hydrogen-bond acceptors (Lipinski definition) is 5. The minimum absolute atomic E-state index is 0. The minimum atomic E-state index is -0.697. The first-order valence-electron chi connectivity index (χ1n) is 11.6. The van der Waals surface area contributed by atoms with Gasteiger partial charge in [-0.3, -0.25) is 9.69 Å². The van der Waals surface area contributed by atoms with Gasteiger partial charge in [0.1, 0.15) is 0 Å². The molecule has 0 unspecified atom stereocenters. The summed E-state index contributed by atoms with van der Waals surface area (Å²) in [7, 11) is 0. The van der Waals surface area contributed by atoms with E-state index in [0.29, 0.717) is 18.3 Å². The number of carboxylic acids is 1. The highest BCUT2D eigenvalue weighted by molar-refractivity contribution is 5.85. The number of carboxylic acid groups (broad SMARTS) is 1. The van der Waals surface area contributed by atoms with Crippen LogP contribution in [0.25, 0.3) is 34.0 Å². The Labute approximate surface area is 211 Å². The standard InChI is InChI=1S/C28H27N3O3.ClH/c1-19-24(21-7-3-2-4-8-21)10-5-11-25(19)27-30-29-26(34-27)22-14-12-20(13-15-22)17-31-16-6-9-23(18-31)28(32)33;/h2-5,7-8,10-15,23H,6,9,16-18H2,1H3,(H,32,33);1H/t23-;/m1./s1. The smallest absolute Gasteiger partial charge is 0.307 e. The van der Waals surface area contributed by atoms with Crippen LogP contribution in [0.1, 0.15) is 24.0 Å². The van der Waals surface area contributed by atoms with Gasteiger partial charge < -0.3 is 9.52 Å². The first kappa shape index (κ1) is 24.6. The van der Waals surface area contributed by atoms with Gasteiger partial charge in [0.15, 0.2) is 0 Å². The van der Waals surface area contributed by atoms with Crippen LogP contribution in [-0.4, -0.2) is 39.3 Å². The molecule has 1 atom stereocenters. The third-order valence-corrected chi connectivity index (χ3v) is 6.54. The molecule has 1 fully saturated rings. The van der Waals surface area contributed by atoms with Crippen LogP contribution in [0.15, 0.2) is 77.2 Å². The Morgan fingerprint density at radius 3 is 2.40 bits per heavy atom. The predicted molar refractivity (Wildman–Crippen MR) is 138 cm³/mol. The second-order valence-electron chi connectivity index (χ2n) is 8.87. The zero-order valence-corrected chi connectivity index (χ0v) is 20.4. The zero-order valence-electron chi connectivity index (χ0n) is 19.6. The molecule has 4 aromatic rings. The SMILES string of the molecule is Cc1c(-c2ccccc2)cccc1-c1nnc(-c2ccc(CN3CCC[C@@H](C(=O)O)C3)cc2)o1.Cl. The van der Waals surface area contributed by atoms with E-state index in [1.165, 1.54) is 0 Å². The first-order chi connectivity index (χ1) is 16.6. The average Bonchev–Trinajstić information content (AvgIpc) is 3.35. The molecule has 0 spiro atoms. The van der Waals surface area contributed by atoms with Crippen molar-refractivity contribution in [2.75, 3.05) is 13.1 Å². The number of likely N-dealkylation sites (tertiary alicyclic amines) is 1. The van der Waals surface area contributed by atoms with E-state index in [1.54, 1.807) is 0 Å². The van der Waals surface area contributed by atoms with Gasteiger partial charge in [-0.1, -0.05) is 54.6 Å². The Hall–Kier alpha value is -3.48. The summed E-state index contributed by atoms with van der Waals surface area (Å²) in [5, 5.41) is 17.9. The Balaban J connectivity index is 0.00000289. The van der Waals surface area contributed by atoms with E-state index in [9.17, 15) is 9.90 Å². The van der Waals surface area contributed by atoms with Gasteiger partial charge in [0.25, 0.3) is 0 Å². The van der Waals surface area contributed by atoms with Gasteiger partial charge >= 0.3 is 5.97 Å². The molecule has 1 N–H and O–H groups in total. The first-order valence-corrected chi connectivity index (χ1v) is 11.6. The number of aromatic nitrogens is 2. The van der Waals surface area contributed by atoms with Crippen molar-refractivity contribution in [1.82, 2.24) is 15.1 Å². The summed E-state index contributed by atoms with van der Waals surface area (Å²) in [4.78, 5) is 13.5. The number of aliphatic carboxylic acids is 1. The number of benzene rings is 3. The van der Waals surface area contributed by atoms with Crippen LogP contribution >= 0.6 is 12.4 Å². The van der Waals surface area contributed by atoms with Crippen molar-refractivity contribution in [3.05, 3.63) is 83.9 Å². The maximum atomic E-state index is 11.3. The minimum Gasteiger partial charge on any atom is -0.481 e. The summed E-state index contributed by atoms with van der Waals surface area (Å²) < 4.78 is 6.06. The molecule has 1 aromatic heterocycles. The van der Waals surface area contributed by atoms with Crippen LogP contribution in [0.4, 0.5) is 0 Å². The Morgan fingerprint density at radius 2 is 1.66 bits per heavy atom. The lowest BCUT2D eigenvalue weighted by Gasteiger charge is -2.30. The number of hydrogen-bond donors (Lipinski definition) is 1. The molecule has 6 nitrogen and oxygen atoms in total. The van der Waals surface area contributed by atoms with Gasteiger partial charge in [-0.15, -0.1) is 22.6 Å². The van der Waals surface area contributed by atoms with E-state index in [4.69, 9.17) is 4.42 Å². The summed E-state index contributed by atoms with van der Waals surface area (Å²) >= 11 is 0. The largest absolute Gasteiger partial charge is 0.481 e. The van der Waals surface area contributed by atoms with Gasteiger partial charge in [0.2, 0.25) is 11.8 Å². The molecule has 0 aliphatic carbocycles. The Kier molecular flexibility index (Phi) is 7.63. The van der Waals surface area contributed by atoms with E-state index in [1.807, 2.05) is 54.6 Å². The molecule has 2 heterocycles. The van der Waals surface area contributed by atoms with Crippen molar-refractivity contribution < 1.29 is 14.3 Å². The fraction of sp³-hybridized carbons (Fsp3) is 0.250. The molecular formula is C28H28ClN3O3. The lowest BCUT2D eigenvalue weighted by atomic mass is 9.96. The highest BCUT2D eigenvalue weighted by Crippen LogP contribution is 2.32. The van der Waals surface area contributed by atoms with E-state index >= 15 is 0 Å². The molecule has 180 valence electrons. The van der Waals surface area contributed by atoms with Crippen molar-refractivity contribution in [2.24, 2.45) is 5.92 Å². The fourth-order valence-electron chi connectivity index (χ4n) is 4.66. The fourth-order valence-corrected chi connectivity index (χ4v) is 4.66. The van der Waals surface area contributed by atoms with Crippen LogP contribution in [-0.2, 0) is 11.3 Å². The maximum absolute atomic E-state index is 11.3. The van der Waals surface area contributed by atoms with Crippen LogP contribution in [0.2, 0.25) is 0 Å². The van der Waals surface area contributed by atoms with Gasteiger partial charge in [-0.25, -0.2) is 0 Å². The highest BCUT2D eigenvalue weighted by Gasteiger charge is 2.25. The number of rotatable bonds is 6. The summed E-state index contributed by atoms with van der Waals surface area (Å²) in [6.45, 7) is 4.35. The van der Waals surface area contributed by atoms with Crippen molar-refractivity contribution >= 4 is 18.4 Å². The molecule has 0 amide bonds. The highest BCUT2D eigenvalue weighted by atomic mass is 35.5. The molecular weight excluding hydrogens is 462 g/mol. The number of nitrogens with zero attached hydrogens (tertiary/aromatic N) is 3. The topological polar surface area (TPSA) is 79.5 Å². The van der Waals surface area contributed by atoms with Crippen LogP contribution in [0, 0.1) is 12.8 Å². The summed E-state index contributed by atoms with van der Waals surface area (Å²) in [5.41, 5.74) is 6.32. The van der Waals surface area contributed by atoms with Crippen LogP contribution in [0.3, 0.4) is 0 Å². The van der Waals surface area contributed by atoms with Crippen LogP contribution < -0.4 is 0 Å². The van der Waals surface area contributed by atoms with Gasteiger partial charge in [0, 0.05) is 24.2 Å². The van der Waals surface area contributed by atoms with E-state index in [0.717, 1.165) is 59.3 Å². The molecule has 0 saturated carbocycles. The van der Waals surface area contributed by atoms with E-state index in [2.05, 4.69) is 40.2 Å². The molecule has 0 bridgehead atoms. The molecule has 5 rings (SSSR count). The third kappa shape index (κ3) is 5.45. The van der Waals surface area contributed by atoms with Crippen molar-refractivity contribution in [3.8, 4) is 34.0 Å². The average molecular weight is 490 g/mol. The van der Waals surface area contributed by atoms with Crippen molar-refractivity contribution in [1.29, 1.82) is 0 Å². The maximum Gasteiger partial charge on any atom is 0.307 e. The van der Waals surface area contributed by atoms with E-state index < -0.39 is 5.97 Å². The molecule has 1 aliphatic heterocycles. The normalized spacial score (nSPS) is 16.0. The Bertz CT molecular complexity index is 1290. The van der Waals surface area contributed by atoms with Gasteiger partial charge in [0.05, 0.1) is 5.92 Å². The second kappa shape index (κ2) is 10.8. The monoisotopic (exact) mass is 489 g/mol. The van der Waals surface area contributed by atoms with E-state index in [-0.39, 0.29) is 18.3 Å². The summed E-state index contributed by atoms with van der Waals surface area (Å²) in [5.74, 6) is 0.0165. The second-order valence-corrected chi connectivity index (χ2v) is 8.87. The molecule has 1 aliphatic rings. The molecule has 3 aromatic carbocycles. The Morgan fingerprint density at radius 1 is 0.943 bits per heavy atom. The quantitative estimate of drug-likeness (QED) is 0.352. The number of carbonyl (C=O) groups is 1. The van der Waals surface area contributed by atoms with Gasteiger partial charge in [-0.05, 0) is 66.8 Å². The van der Waals surface area contributed by atoms with Crippen LogP contribution in [0.5, 0.6) is 0 Å². The third-order valence-electron chi connectivity index (χ3n) is 6.54. The summed E-state index contributed by atoms with van der Waals surface area (Å²) in [6.07, 6.45) is 1.68. The number of piperidine rings is 1. The summed E-state index contributed by atoms with van der Waals surface area (Å²) in [6, 6.07) is 24.5. The van der Waals surface area contributed by atoms with Crippen molar-refractivity contribution in [2.45, 2.75) is 26.3 Å². The number of halogens is 1. The molecule has 1 saturated heterocycles.